The first-order chi connectivity index (χ1) is 12.1. The van der Waals surface area contributed by atoms with Crippen LogP contribution in [-0.2, 0) is 16.0 Å². The molecule has 1 atom stereocenters. The Morgan fingerprint density at radius 2 is 2.08 bits per heavy atom. The lowest BCUT2D eigenvalue weighted by Gasteiger charge is -2.39. The average Bonchev–Trinajstić information content (AvgIpc) is 3.05. The summed E-state index contributed by atoms with van der Waals surface area (Å²) >= 11 is 1.44. The van der Waals surface area contributed by atoms with Gasteiger partial charge in [0, 0.05) is 50.7 Å². The average molecular weight is 360 g/mol. The van der Waals surface area contributed by atoms with E-state index in [0.717, 1.165) is 30.5 Å². The Bertz CT molecular complexity index is 716. The van der Waals surface area contributed by atoms with Crippen LogP contribution in [0.3, 0.4) is 0 Å². The van der Waals surface area contributed by atoms with Crippen LogP contribution < -0.4 is 4.90 Å². The Morgan fingerprint density at radius 3 is 2.76 bits per heavy atom. The highest BCUT2D eigenvalue weighted by atomic mass is 32.1. The summed E-state index contributed by atoms with van der Waals surface area (Å²) in [7, 11) is 1.55. The number of hydrogen-bond donors (Lipinski definition) is 0. The van der Waals surface area contributed by atoms with Crippen LogP contribution in [0.25, 0.3) is 0 Å². The molecule has 1 fully saturated rings. The van der Waals surface area contributed by atoms with Gasteiger partial charge in [0.1, 0.15) is 12.4 Å². The molecular weight excluding hydrogens is 336 g/mol. The summed E-state index contributed by atoms with van der Waals surface area (Å²) in [5.41, 5.74) is 2.48. The quantitative estimate of drug-likeness (QED) is 0.817. The van der Waals surface area contributed by atoms with Crippen molar-refractivity contribution in [2.24, 2.45) is 0 Å². The SMILES string of the molecule is COCC(=O)N1CCN(c2nc(Cc3ccc(C)cc3)ns2)CC1C. The highest BCUT2D eigenvalue weighted by Crippen LogP contribution is 2.22. The normalized spacial score (nSPS) is 17.8. The summed E-state index contributed by atoms with van der Waals surface area (Å²) in [6.45, 7) is 6.53. The second-order valence-corrected chi connectivity index (χ2v) is 7.20. The third-order valence-corrected chi connectivity index (χ3v) is 5.24. The number of carbonyl (C=O) groups excluding carboxylic acids is 1. The number of aromatic nitrogens is 2. The van der Waals surface area contributed by atoms with Gasteiger partial charge in [-0.3, -0.25) is 4.79 Å². The van der Waals surface area contributed by atoms with E-state index in [4.69, 9.17) is 9.72 Å². The second-order valence-electron chi connectivity index (χ2n) is 6.47. The summed E-state index contributed by atoms with van der Waals surface area (Å²) in [5.74, 6) is 0.904. The molecule has 1 aliphatic rings. The largest absolute Gasteiger partial charge is 0.375 e. The van der Waals surface area contributed by atoms with Crippen molar-refractivity contribution in [1.29, 1.82) is 0 Å². The van der Waals surface area contributed by atoms with Gasteiger partial charge in [0.05, 0.1) is 0 Å². The van der Waals surface area contributed by atoms with Crippen LogP contribution in [0.15, 0.2) is 24.3 Å². The molecule has 1 aromatic heterocycles. The predicted octanol–water partition coefficient (Wildman–Crippen LogP) is 2.12. The maximum atomic E-state index is 12.0. The first kappa shape index (κ1) is 17.8. The van der Waals surface area contributed by atoms with Crippen LogP contribution >= 0.6 is 11.5 Å². The Hall–Kier alpha value is -1.99. The summed E-state index contributed by atoms with van der Waals surface area (Å²) in [6.07, 6.45) is 0.749. The Balaban J connectivity index is 1.61. The number of piperazine rings is 1. The summed E-state index contributed by atoms with van der Waals surface area (Å²) < 4.78 is 9.46. The van der Waals surface area contributed by atoms with E-state index < -0.39 is 0 Å². The van der Waals surface area contributed by atoms with E-state index in [2.05, 4.69) is 47.4 Å². The Morgan fingerprint density at radius 1 is 1.32 bits per heavy atom. The molecule has 0 radical (unpaired) electrons. The molecular formula is C18H24N4O2S. The van der Waals surface area contributed by atoms with Gasteiger partial charge in [-0.05, 0) is 19.4 Å². The molecule has 3 rings (SSSR count). The smallest absolute Gasteiger partial charge is 0.248 e. The van der Waals surface area contributed by atoms with Crippen LogP contribution in [0.2, 0.25) is 0 Å². The fourth-order valence-corrected chi connectivity index (χ4v) is 3.76. The van der Waals surface area contributed by atoms with Gasteiger partial charge in [-0.15, -0.1) is 0 Å². The van der Waals surface area contributed by atoms with Gasteiger partial charge in [0.25, 0.3) is 0 Å². The lowest BCUT2D eigenvalue weighted by Crippen LogP contribution is -2.54. The highest BCUT2D eigenvalue weighted by Gasteiger charge is 2.28. The van der Waals surface area contributed by atoms with Crippen molar-refractivity contribution >= 4 is 22.6 Å². The van der Waals surface area contributed by atoms with Gasteiger partial charge in [-0.2, -0.15) is 4.37 Å². The third kappa shape index (κ3) is 4.35. The number of hydrogen-bond acceptors (Lipinski definition) is 6. The molecule has 1 saturated heterocycles. The fourth-order valence-electron chi connectivity index (χ4n) is 3.04. The lowest BCUT2D eigenvalue weighted by molar-refractivity contribution is -0.137. The van der Waals surface area contributed by atoms with Crippen molar-refractivity contribution < 1.29 is 9.53 Å². The molecule has 2 aromatic rings. The minimum atomic E-state index is 0.0481. The number of carbonyl (C=O) groups is 1. The lowest BCUT2D eigenvalue weighted by atomic mass is 10.1. The van der Waals surface area contributed by atoms with Crippen LogP contribution in [0, 0.1) is 6.92 Å². The van der Waals surface area contributed by atoms with Gasteiger partial charge >= 0.3 is 0 Å². The van der Waals surface area contributed by atoms with E-state index in [1.165, 1.54) is 22.7 Å². The van der Waals surface area contributed by atoms with Gasteiger partial charge in [0.2, 0.25) is 11.0 Å². The molecule has 0 bridgehead atoms. The maximum absolute atomic E-state index is 12.0. The topological polar surface area (TPSA) is 58.6 Å². The number of aryl methyl sites for hydroxylation is 1. The monoisotopic (exact) mass is 360 g/mol. The van der Waals surface area contributed by atoms with E-state index in [1.807, 2.05) is 4.90 Å². The summed E-state index contributed by atoms with van der Waals surface area (Å²) in [5, 5.41) is 0.938. The molecule has 6 nitrogen and oxygen atoms in total. The number of ether oxygens (including phenoxy) is 1. The molecule has 25 heavy (non-hydrogen) atoms. The van der Waals surface area contributed by atoms with Crippen molar-refractivity contribution in [3.8, 4) is 0 Å². The van der Waals surface area contributed by atoms with E-state index in [0.29, 0.717) is 6.54 Å². The van der Waals surface area contributed by atoms with Crippen molar-refractivity contribution in [3.63, 3.8) is 0 Å². The minimum Gasteiger partial charge on any atom is -0.375 e. The zero-order chi connectivity index (χ0) is 17.8. The summed E-state index contributed by atoms with van der Waals surface area (Å²) in [4.78, 5) is 20.8. The van der Waals surface area contributed by atoms with Crippen LogP contribution in [0.5, 0.6) is 0 Å². The number of methoxy groups -OCH3 is 1. The van der Waals surface area contributed by atoms with E-state index in [1.54, 1.807) is 7.11 Å². The number of anilines is 1. The number of benzene rings is 1. The Kier molecular flexibility index (Phi) is 5.65. The third-order valence-electron chi connectivity index (χ3n) is 4.43. The molecule has 1 amide bonds. The van der Waals surface area contributed by atoms with Crippen LogP contribution in [-0.4, -0.2) is 59.6 Å². The zero-order valence-electron chi connectivity index (χ0n) is 14.9. The van der Waals surface area contributed by atoms with Crippen molar-refractivity contribution in [2.45, 2.75) is 26.3 Å². The van der Waals surface area contributed by atoms with E-state index in [-0.39, 0.29) is 18.6 Å². The van der Waals surface area contributed by atoms with Crippen LogP contribution in [0.4, 0.5) is 5.13 Å². The van der Waals surface area contributed by atoms with Crippen molar-refractivity contribution in [3.05, 3.63) is 41.2 Å². The maximum Gasteiger partial charge on any atom is 0.248 e. The van der Waals surface area contributed by atoms with Crippen molar-refractivity contribution in [1.82, 2.24) is 14.3 Å². The molecule has 0 spiro atoms. The van der Waals surface area contributed by atoms with Crippen molar-refractivity contribution in [2.75, 3.05) is 38.3 Å². The first-order valence-corrected chi connectivity index (χ1v) is 9.25. The summed E-state index contributed by atoms with van der Waals surface area (Å²) in [6, 6.07) is 8.61. The molecule has 1 aliphatic heterocycles. The molecule has 0 aliphatic carbocycles. The van der Waals surface area contributed by atoms with Gasteiger partial charge in [-0.25, -0.2) is 4.98 Å². The van der Waals surface area contributed by atoms with Crippen LogP contribution in [0.1, 0.15) is 23.9 Å². The van der Waals surface area contributed by atoms with Gasteiger partial charge in [-0.1, -0.05) is 29.8 Å². The second kappa shape index (κ2) is 7.93. The predicted molar refractivity (Wildman–Crippen MR) is 99.2 cm³/mol. The number of amides is 1. The molecule has 7 heteroatoms. The molecule has 1 aromatic carbocycles. The van der Waals surface area contributed by atoms with E-state index in [9.17, 15) is 4.79 Å². The number of rotatable bonds is 5. The standard InChI is InChI=1S/C18H24N4O2S/c1-13-4-6-15(7-5-13)10-16-19-18(25-20-16)21-8-9-22(14(2)11-21)17(23)12-24-3/h4-7,14H,8-12H2,1-3H3. The van der Waals surface area contributed by atoms with Gasteiger partial charge in [0.15, 0.2) is 0 Å². The molecule has 0 saturated carbocycles. The van der Waals surface area contributed by atoms with E-state index >= 15 is 0 Å². The number of nitrogens with zero attached hydrogens (tertiary/aromatic N) is 4. The minimum absolute atomic E-state index is 0.0481. The first-order valence-electron chi connectivity index (χ1n) is 8.48. The van der Waals surface area contributed by atoms with Gasteiger partial charge < -0.3 is 14.5 Å². The highest BCUT2D eigenvalue weighted by molar-refractivity contribution is 7.09. The fraction of sp³-hybridized carbons (Fsp3) is 0.500. The Labute approximate surface area is 152 Å². The molecule has 2 heterocycles. The molecule has 0 N–H and O–H groups in total. The zero-order valence-corrected chi connectivity index (χ0v) is 15.8. The molecule has 134 valence electrons. The molecule has 1 unspecified atom stereocenters.